The van der Waals surface area contributed by atoms with Gasteiger partial charge in [-0.25, -0.2) is 0 Å². The molecule has 274 valence electrons. The fourth-order valence-corrected chi connectivity index (χ4v) is 6.12. The molecule has 48 heavy (non-hydrogen) atoms. The van der Waals surface area contributed by atoms with Crippen molar-refractivity contribution in [2.45, 2.75) is 134 Å². The Balaban J connectivity index is 0.00000161. The van der Waals surface area contributed by atoms with Crippen molar-refractivity contribution in [1.82, 2.24) is 0 Å². The molecule has 4 aliphatic rings. The molecule has 0 amide bonds. The van der Waals surface area contributed by atoms with Gasteiger partial charge in [0.25, 0.3) is 0 Å². The Morgan fingerprint density at radius 3 is 2.06 bits per heavy atom. The number of hydrogen-bond donors (Lipinski definition) is 0. The van der Waals surface area contributed by atoms with E-state index in [4.69, 9.17) is 18.9 Å². The van der Waals surface area contributed by atoms with Crippen LogP contribution in [0.2, 0.25) is 0 Å². The average Bonchev–Trinajstić information content (AvgIpc) is 3.84. The maximum atomic E-state index is 6.24. The fraction of sp³-hybridized carbons (Fsp3) is 0.659. The summed E-state index contributed by atoms with van der Waals surface area (Å²) in [6.45, 7) is 25.2. The van der Waals surface area contributed by atoms with E-state index >= 15 is 0 Å². The van der Waals surface area contributed by atoms with Crippen LogP contribution in [0, 0.1) is 17.3 Å². The maximum Gasteiger partial charge on any atom is 0.131 e. The zero-order valence-electron chi connectivity index (χ0n) is 33.5. The van der Waals surface area contributed by atoms with E-state index in [1.54, 1.807) is 19.8 Å². The second-order valence-electron chi connectivity index (χ2n) is 12.4. The SMILES string of the molecule is CC.CC.CCC.CCCC(CC)C1=CCC2CC23C=C(OCCOC2=C(COC)C=C=C(C)C=C2COC)C=CC3=C1.CCCCC. The predicted molar refractivity (Wildman–Crippen MR) is 209 cm³/mol. The number of unbranched alkanes of at least 4 members (excludes halogenated alkanes) is 2. The van der Waals surface area contributed by atoms with Gasteiger partial charge in [-0.3, -0.25) is 0 Å². The minimum Gasteiger partial charge on any atom is -0.490 e. The molecule has 1 saturated carbocycles. The van der Waals surface area contributed by atoms with Crippen molar-refractivity contribution in [2.24, 2.45) is 17.3 Å². The molecule has 0 aromatic heterocycles. The minimum atomic E-state index is 0.158. The molecule has 1 spiro atoms. The standard InChI is InChI=1S/C32H42O4.C5H12.C3H8.2C2H6/c1-6-8-24(7-2)25-11-12-29-19-32(29)20-30(14-13-28(32)18-25)35-15-16-36-31-26(21-33-4)10-9-23(3)17-27(31)22-34-5;1-3-5-4-2;1-3-2;2*1-2/h10-11,13-14,17-18,20,24,29H,6-8,12,15-16,19,21-22H2,1-5H3;3-5H2,1-2H3;3H2,1-2H3;2*1-2H3. The lowest BCUT2D eigenvalue weighted by Crippen LogP contribution is -2.13. The Morgan fingerprint density at radius 1 is 0.854 bits per heavy atom. The Hall–Kier alpha value is -2.52. The Labute approximate surface area is 297 Å². The highest BCUT2D eigenvalue weighted by molar-refractivity contribution is 5.51. The molecule has 4 heteroatoms. The number of hydrogen-bond acceptors (Lipinski definition) is 4. The van der Waals surface area contributed by atoms with Gasteiger partial charge in [0.1, 0.15) is 24.7 Å². The molecule has 0 heterocycles. The van der Waals surface area contributed by atoms with Crippen molar-refractivity contribution >= 4 is 0 Å². The highest BCUT2D eigenvalue weighted by Crippen LogP contribution is 2.64. The summed E-state index contributed by atoms with van der Waals surface area (Å²) in [4.78, 5) is 0. The first-order valence-corrected chi connectivity index (χ1v) is 19.3. The Bertz CT molecular complexity index is 1140. The van der Waals surface area contributed by atoms with E-state index in [1.165, 1.54) is 63.4 Å². The van der Waals surface area contributed by atoms with E-state index in [0.717, 1.165) is 28.2 Å². The lowest BCUT2D eigenvalue weighted by atomic mass is 9.85. The molecule has 0 saturated heterocycles. The molecule has 0 N–H and O–H groups in total. The second-order valence-corrected chi connectivity index (χ2v) is 12.4. The van der Waals surface area contributed by atoms with Gasteiger partial charge in [0.05, 0.1) is 13.2 Å². The smallest absolute Gasteiger partial charge is 0.131 e. The molecule has 0 bridgehead atoms. The highest BCUT2D eigenvalue weighted by atomic mass is 16.5. The zero-order valence-corrected chi connectivity index (χ0v) is 33.5. The zero-order chi connectivity index (χ0) is 36.4. The molecular formula is C44H74O4. The number of ether oxygens (including phenoxy) is 4. The van der Waals surface area contributed by atoms with Crippen LogP contribution in [0.25, 0.3) is 0 Å². The van der Waals surface area contributed by atoms with Gasteiger partial charge >= 0.3 is 0 Å². The lowest BCUT2D eigenvalue weighted by Gasteiger charge is -2.22. The van der Waals surface area contributed by atoms with E-state index in [9.17, 15) is 0 Å². The third-order valence-corrected chi connectivity index (χ3v) is 8.43. The molecular weight excluding hydrogens is 592 g/mol. The van der Waals surface area contributed by atoms with Crippen LogP contribution in [0.4, 0.5) is 0 Å². The summed E-state index contributed by atoms with van der Waals surface area (Å²) in [6, 6.07) is 0. The molecule has 4 aliphatic carbocycles. The largest absolute Gasteiger partial charge is 0.490 e. The normalized spacial score (nSPS) is 20.5. The van der Waals surface area contributed by atoms with Crippen LogP contribution in [0.3, 0.4) is 0 Å². The molecule has 0 aromatic rings. The number of allylic oxidation sites excluding steroid dienone is 8. The summed E-state index contributed by atoms with van der Waals surface area (Å²) in [6.07, 6.45) is 27.2. The monoisotopic (exact) mass is 667 g/mol. The van der Waals surface area contributed by atoms with E-state index in [1.807, 2.05) is 40.7 Å². The molecule has 3 unspecified atom stereocenters. The van der Waals surface area contributed by atoms with Gasteiger partial charge in [-0.05, 0) is 85.5 Å². The molecule has 1 fully saturated rings. The molecule has 0 aromatic carbocycles. The van der Waals surface area contributed by atoms with Crippen molar-refractivity contribution in [2.75, 3.05) is 40.6 Å². The van der Waals surface area contributed by atoms with E-state index < -0.39 is 0 Å². The van der Waals surface area contributed by atoms with E-state index in [0.29, 0.717) is 38.3 Å². The van der Waals surface area contributed by atoms with Gasteiger partial charge in [0.2, 0.25) is 0 Å². The Morgan fingerprint density at radius 2 is 1.50 bits per heavy atom. The van der Waals surface area contributed by atoms with Gasteiger partial charge in [0.15, 0.2) is 0 Å². The summed E-state index contributed by atoms with van der Waals surface area (Å²) in [5, 5.41) is 0. The molecule has 0 radical (unpaired) electrons. The third kappa shape index (κ3) is 14.9. The third-order valence-electron chi connectivity index (χ3n) is 8.43. The van der Waals surface area contributed by atoms with Gasteiger partial charge in [-0.15, -0.1) is 5.73 Å². The highest BCUT2D eigenvalue weighted by Gasteiger charge is 2.55. The maximum absolute atomic E-state index is 6.24. The van der Waals surface area contributed by atoms with Crippen LogP contribution in [0.5, 0.6) is 0 Å². The molecule has 4 rings (SSSR count). The summed E-state index contributed by atoms with van der Waals surface area (Å²) < 4.78 is 23.3. The van der Waals surface area contributed by atoms with Gasteiger partial charge in [-0.2, -0.15) is 0 Å². The number of methoxy groups -OCH3 is 2. The second kappa shape index (κ2) is 27.3. The van der Waals surface area contributed by atoms with Crippen molar-refractivity contribution in [3.8, 4) is 0 Å². The first-order valence-electron chi connectivity index (χ1n) is 19.3. The minimum absolute atomic E-state index is 0.158. The van der Waals surface area contributed by atoms with E-state index in [-0.39, 0.29) is 5.41 Å². The van der Waals surface area contributed by atoms with Crippen LogP contribution in [0.15, 0.2) is 87.6 Å². The summed E-state index contributed by atoms with van der Waals surface area (Å²) in [5.41, 5.74) is 9.43. The topological polar surface area (TPSA) is 36.9 Å². The predicted octanol–water partition coefficient (Wildman–Crippen LogP) is 12.8. The van der Waals surface area contributed by atoms with Crippen LogP contribution in [-0.2, 0) is 18.9 Å². The van der Waals surface area contributed by atoms with Crippen LogP contribution >= 0.6 is 0 Å². The van der Waals surface area contributed by atoms with E-state index in [2.05, 4.69) is 83.7 Å². The van der Waals surface area contributed by atoms with Crippen molar-refractivity contribution in [3.05, 3.63) is 87.6 Å². The van der Waals surface area contributed by atoms with Crippen molar-refractivity contribution < 1.29 is 18.9 Å². The molecule has 3 atom stereocenters. The fourth-order valence-electron chi connectivity index (χ4n) is 6.12. The molecule has 0 aliphatic heterocycles. The van der Waals surface area contributed by atoms with Gasteiger partial charge in [-0.1, -0.05) is 120 Å². The lowest BCUT2D eigenvalue weighted by molar-refractivity contribution is 0.116. The van der Waals surface area contributed by atoms with Crippen molar-refractivity contribution in [3.63, 3.8) is 0 Å². The average molecular weight is 667 g/mol. The van der Waals surface area contributed by atoms with Crippen LogP contribution in [-0.4, -0.2) is 40.6 Å². The quantitative estimate of drug-likeness (QED) is 0.129. The summed E-state index contributed by atoms with van der Waals surface area (Å²) >= 11 is 0. The first kappa shape index (κ1) is 45.5. The van der Waals surface area contributed by atoms with Gasteiger partial charge in [0, 0.05) is 30.8 Å². The first-order chi connectivity index (χ1) is 23.4. The van der Waals surface area contributed by atoms with Crippen LogP contribution < -0.4 is 0 Å². The number of rotatable bonds is 15. The van der Waals surface area contributed by atoms with Crippen molar-refractivity contribution in [1.29, 1.82) is 0 Å². The Kier molecular flexibility index (Phi) is 25.9. The molecule has 4 nitrogen and oxygen atoms in total. The van der Waals surface area contributed by atoms with Crippen LogP contribution in [0.1, 0.15) is 134 Å². The van der Waals surface area contributed by atoms with Gasteiger partial charge < -0.3 is 18.9 Å². The summed E-state index contributed by atoms with van der Waals surface area (Å²) in [5.74, 6) is 3.12. The summed E-state index contributed by atoms with van der Waals surface area (Å²) in [7, 11) is 3.39.